The highest BCUT2D eigenvalue weighted by Crippen LogP contribution is 2.40. The number of carboxylic acid groups (broad SMARTS) is 1. The van der Waals surface area contributed by atoms with E-state index >= 15 is 0 Å². The van der Waals surface area contributed by atoms with E-state index in [1.165, 1.54) is 0 Å². The molecule has 10 heteroatoms. The molecule has 1 aromatic heterocycles. The number of nitrogens with zero attached hydrogens (tertiary/aromatic N) is 3. The SMILES string of the molecule is COc1ccc2[nH]c(C)c(CC(=O)O)c2c1-c1ccc(C(=O)OCCN2CCN(CCN3CCOCC3)CC2)cc1. The summed E-state index contributed by atoms with van der Waals surface area (Å²) in [7, 11) is 1.60. The first-order chi connectivity index (χ1) is 19.9. The lowest BCUT2D eigenvalue weighted by Gasteiger charge is -2.36. The third-order valence-corrected chi connectivity index (χ3v) is 8.14. The van der Waals surface area contributed by atoms with Crippen molar-refractivity contribution in [3.05, 3.63) is 53.2 Å². The number of aromatic nitrogens is 1. The van der Waals surface area contributed by atoms with Crippen molar-refractivity contribution in [1.29, 1.82) is 0 Å². The molecule has 2 aliphatic heterocycles. The van der Waals surface area contributed by atoms with Crippen LogP contribution in [0, 0.1) is 6.92 Å². The zero-order valence-corrected chi connectivity index (χ0v) is 24.0. The summed E-state index contributed by atoms with van der Waals surface area (Å²) in [5.74, 6) is -0.610. The van der Waals surface area contributed by atoms with Crippen molar-refractivity contribution in [2.24, 2.45) is 0 Å². The van der Waals surface area contributed by atoms with Crippen molar-refractivity contribution in [1.82, 2.24) is 19.7 Å². The lowest BCUT2D eigenvalue weighted by Crippen LogP contribution is -2.50. The Morgan fingerprint density at radius 1 is 0.902 bits per heavy atom. The van der Waals surface area contributed by atoms with Gasteiger partial charge in [0.25, 0.3) is 0 Å². The van der Waals surface area contributed by atoms with Gasteiger partial charge in [0.1, 0.15) is 12.4 Å². The summed E-state index contributed by atoms with van der Waals surface area (Å²) in [6, 6.07) is 11.0. The number of ether oxygens (including phenoxy) is 3. The molecule has 0 aliphatic carbocycles. The van der Waals surface area contributed by atoms with E-state index in [9.17, 15) is 14.7 Å². The second kappa shape index (κ2) is 13.5. The van der Waals surface area contributed by atoms with Gasteiger partial charge < -0.3 is 24.3 Å². The number of hydrogen-bond donors (Lipinski definition) is 2. The number of nitrogens with one attached hydrogen (secondary N) is 1. The van der Waals surface area contributed by atoms with Gasteiger partial charge >= 0.3 is 11.9 Å². The first-order valence-corrected chi connectivity index (χ1v) is 14.3. The normalized spacial score (nSPS) is 17.1. The van der Waals surface area contributed by atoms with Crippen molar-refractivity contribution in [3.63, 3.8) is 0 Å². The number of aryl methyl sites for hydroxylation is 1. The number of fused-ring (bicyclic) bond motifs is 1. The molecule has 0 atom stereocenters. The molecule has 220 valence electrons. The molecule has 0 saturated carbocycles. The third kappa shape index (κ3) is 7.08. The maximum atomic E-state index is 12.8. The van der Waals surface area contributed by atoms with Crippen molar-refractivity contribution in [2.75, 3.05) is 85.8 Å². The Kier molecular flexibility index (Phi) is 9.56. The number of methoxy groups -OCH3 is 1. The molecule has 3 aromatic rings. The molecule has 2 aliphatic rings. The number of hydrogen-bond acceptors (Lipinski definition) is 8. The van der Waals surface area contributed by atoms with Crippen LogP contribution < -0.4 is 4.74 Å². The second-order valence-corrected chi connectivity index (χ2v) is 10.7. The molecule has 41 heavy (non-hydrogen) atoms. The second-order valence-electron chi connectivity index (χ2n) is 10.7. The van der Waals surface area contributed by atoms with Gasteiger partial charge in [-0.3, -0.25) is 19.5 Å². The molecule has 2 aromatic carbocycles. The molecule has 0 radical (unpaired) electrons. The quantitative estimate of drug-likeness (QED) is 0.340. The number of H-pyrrole nitrogens is 1. The first-order valence-electron chi connectivity index (χ1n) is 14.3. The fourth-order valence-corrected chi connectivity index (χ4v) is 5.76. The van der Waals surface area contributed by atoms with Gasteiger partial charge in [-0.05, 0) is 42.3 Å². The van der Waals surface area contributed by atoms with Crippen LogP contribution in [0.2, 0.25) is 0 Å². The van der Waals surface area contributed by atoms with Crippen LogP contribution >= 0.6 is 0 Å². The van der Waals surface area contributed by atoms with Crippen LogP contribution in [-0.2, 0) is 20.7 Å². The largest absolute Gasteiger partial charge is 0.496 e. The van der Waals surface area contributed by atoms with Gasteiger partial charge in [0.15, 0.2) is 0 Å². The number of aliphatic carboxylic acids is 1. The minimum Gasteiger partial charge on any atom is -0.496 e. The van der Waals surface area contributed by atoms with Gasteiger partial charge in [0.2, 0.25) is 0 Å². The van der Waals surface area contributed by atoms with Gasteiger partial charge in [-0.25, -0.2) is 4.79 Å². The van der Waals surface area contributed by atoms with Crippen molar-refractivity contribution < 1.29 is 28.9 Å². The van der Waals surface area contributed by atoms with Crippen LogP contribution in [-0.4, -0.2) is 123 Å². The molecule has 10 nitrogen and oxygen atoms in total. The van der Waals surface area contributed by atoms with Crippen molar-refractivity contribution in [3.8, 4) is 16.9 Å². The van der Waals surface area contributed by atoms with E-state index in [0.717, 1.165) is 105 Å². The summed E-state index contributed by atoms with van der Waals surface area (Å²) in [6.07, 6.45) is -0.0973. The summed E-state index contributed by atoms with van der Waals surface area (Å²) in [5.41, 5.74) is 4.49. The summed E-state index contributed by atoms with van der Waals surface area (Å²) in [5, 5.41) is 10.3. The Morgan fingerprint density at radius 3 is 2.17 bits per heavy atom. The van der Waals surface area contributed by atoms with E-state index in [1.54, 1.807) is 19.2 Å². The van der Waals surface area contributed by atoms with Gasteiger partial charge in [-0.1, -0.05) is 12.1 Å². The summed E-state index contributed by atoms with van der Waals surface area (Å²) in [4.78, 5) is 35.0. The minimum absolute atomic E-state index is 0.0973. The average molecular weight is 565 g/mol. The van der Waals surface area contributed by atoms with Crippen LogP contribution in [0.1, 0.15) is 21.6 Å². The third-order valence-electron chi connectivity index (χ3n) is 8.14. The zero-order chi connectivity index (χ0) is 28.8. The number of carbonyl (C=O) groups is 2. The number of piperazine rings is 1. The van der Waals surface area contributed by atoms with Crippen LogP contribution in [0.3, 0.4) is 0 Å². The smallest absolute Gasteiger partial charge is 0.338 e. The van der Waals surface area contributed by atoms with E-state index in [1.807, 2.05) is 31.2 Å². The van der Waals surface area contributed by atoms with Crippen LogP contribution in [0.25, 0.3) is 22.0 Å². The Hall–Kier alpha value is -3.44. The van der Waals surface area contributed by atoms with Gasteiger partial charge in [0.05, 0.1) is 32.3 Å². The number of morpholine rings is 1. The molecule has 0 amide bonds. The maximum Gasteiger partial charge on any atom is 0.338 e. The first kappa shape index (κ1) is 29.1. The number of carboxylic acids is 1. The Labute approximate surface area is 240 Å². The van der Waals surface area contributed by atoms with E-state index in [4.69, 9.17) is 14.2 Å². The highest BCUT2D eigenvalue weighted by atomic mass is 16.5. The highest BCUT2D eigenvalue weighted by Gasteiger charge is 2.21. The summed E-state index contributed by atoms with van der Waals surface area (Å²) in [6.45, 7) is 12.9. The minimum atomic E-state index is -0.897. The van der Waals surface area contributed by atoms with Gasteiger partial charge in [-0.2, -0.15) is 0 Å². The van der Waals surface area contributed by atoms with E-state index in [2.05, 4.69) is 19.7 Å². The highest BCUT2D eigenvalue weighted by molar-refractivity contribution is 6.03. The Morgan fingerprint density at radius 2 is 1.54 bits per heavy atom. The lowest BCUT2D eigenvalue weighted by atomic mass is 9.95. The van der Waals surface area contributed by atoms with Crippen molar-refractivity contribution in [2.45, 2.75) is 13.3 Å². The van der Waals surface area contributed by atoms with Crippen LogP contribution in [0.4, 0.5) is 0 Å². The number of rotatable bonds is 11. The molecule has 2 saturated heterocycles. The molecular weight excluding hydrogens is 524 g/mol. The molecule has 5 rings (SSSR count). The molecule has 3 heterocycles. The van der Waals surface area contributed by atoms with E-state index < -0.39 is 5.97 Å². The Balaban J connectivity index is 1.15. The molecule has 0 spiro atoms. The number of esters is 1. The standard InChI is InChI=1S/C31H40N4O6/c1-22-25(21-28(36)37)30-26(32-22)7-8-27(39-2)29(30)23-3-5-24(6-4-23)31(38)41-20-17-34-12-9-33(10-13-34)11-14-35-15-18-40-19-16-35/h3-8,32H,9-21H2,1-2H3,(H,36,37). The topological polar surface area (TPSA) is 108 Å². The molecule has 0 unspecified atom stereocenters. The molecule has 2 fully saturated rings. The summed E-state index contributed by atoms with van der Waals surface area (Å²) < 4.78 is 16.7. The predicted octanol–water partition coefficient (Wildman–Crippen LogP) is 2.89. The zero-order valence-electron chi connectivity index (χ0n) is 24.0. The van der Waals surface area contributed by atoms with E-state index in [-0.39, 0.29) is 12.4 Å². The fraction of sp³-hybridized carbons (Fsp3) is 0.484. The van der Waals surface area contributed by atoms with Crippen molar-refractivity contribution >= 4 is 22.8 Å². The van der Waals surface area contributed by atoms with Gasteiger partial charge in [0, 0.05) is 81.1 Å². The molecule has 0 bridgehead atoms. The fourth-order valence-electron chi connectivity index (χ4n) is 5.76. The van der Waals surface area contributed by atoms with Crippen LogP contribution in [0.15, 0.2) is 36.4 Å². The van der Waals surface area contributed by atoms with E-state index in [0.29, 0.717) is 17.9 Å². The lowest BCUT2D eigenvalue weighted by molar-refractivity contribution is -0.136. The maximum absolute atomic E-state index is 12.8. The number of benzene rings is 2. The Bertz CT molecular complexity index is 1340. The number of aromatic amines is 1. The average Bonchev–Trinajstić information content (AvgIpc) is 3.30. The molecule has 2 N–H and O–H groups in total. The molecular formula is C31H40N4O6. The predicted molar refractivity (Wildman–Crippen MR) is 157 cm³/mol. The number of carbonyl (C=O) groups excluding carboxylic acids is 1. The van der Waals surface area contributed by atoms with Crippen LogP contribution in [0.5, 0.6) is 5.75 Å². The summed E-state index contributed by atoms with van der Waals surface area (Å²) >= 11 is 0. The monoisotopic (exact) mass is 564 g/mol. The van der Waals surface area contributed by atoms with Gasteiger partial charge in [-0.15, -0.1) is 0 Å².